The lowest BCUT2D eigenvalue weighted by atomic mass is 10.2. The smallest absolute Gasteiger partial charge is 0.338 e. The molecule has 2 rings (SSSR count). The number of hydrogen-bond donors (Lipinski definition) is 1. The van der Waals surface area contributed by atoms with E-state index in [4.69, 9.17) is 39.3 Å². The predicted molar refractivity (Wildman–Crippen MR) is 90.4 cm³/mol. The third kappa shape index (κ3) is 4.55. The third-order valence-corrected chi connectivity index (χ3v) is 4.87. The maximum Gasteiger partial charge on any atom is 0.338 e. The van der Waals surface area contributed by atoms with Crippen LogP contribution >= 0.6 is 42.3 Å². The minimum absolute atomic E-state index is 0.370. The molecule has 112 valence electrons. The summed E-state index contributed by atoms with van der Waals surface area (Å²) in [5, 5.41) is 4.01. The highest BCUT2D eigenvalue weighted by Gasteiger charge is 2.19. The Balaban J connectivity index is 2.20. The van der Waals surface area contributed by atoms with Crippen LogP contribution in [0.2, 0.25) is 15.1 Å². The maximum absolute atomic E-state index is 12.5. The van der Waals surface area contributed by atoms with Crippen molar-refractivity contribution >= 4 is 48.0 Å². The Hall–Kier alpha value is -0.860. The maximum atomic E-state index is 12.5. The van der Waals surface area contributed by atoms with Crippen LogP contribution < -0.4 is 9.61 Å². The van der Waals surface area contributed by atoms with Gasteiger partial charge in [0.1, 0.15) is 5.75 Å². The van der Waals surface area contributed by atoms with Crippen molar-refractivity contribution in [3.8, 4) is 5.75 Å². The van der Waals surface area contributed by atoms with Crippen molar-refractivity contribution in [2.24, 2.45) is 0 Å². The second-order valence-corrected chi connectivity index (χ2v) is 7.93. The second-order valence-electron chi connectivity index (χ2n) is 4.61. The molecule has 2 aromatic carbocycles. The Morgan fingerprint density at radius 3 is 2.33 bits per heavy atom. The molecule has 0 amide bonds. The number of halogens is 3. The van der Waals surface area contributed by atoms with Crippen LogP contribution in [0.5, 0.6) is 5.75 Å². The molecule has 0 saturated heterocycles. The molecule has 0 aliphatic heterocycles. The van der Waals surface area contributed by atoms with Crippen molar-refractivity contribution in [2.45, 2.75) is 6.92 Å². The molecule has 0 radical (unpaired) electrons. The molecule has 0 heterocycles. The molecular weight excluding hydrogens is 351 g/mol. The highest BCUT2D eigenvalue weighted by Crippen LogP contribution is 2.46. The van der Waals surface area contributed by atoms with Crippen molar-refractivity contribution in [2.75, 3.05) is 11.8 Å². The molecule has 2 aromatic rings. The predicted octanol–water partition coefficient (Wildman–Crippen LogP) is 6.27. The zero-order valence-corrected chi connectivity index (χ0v) is 14.5. The van der Waals surface area contributed by atoms with Crippen LogP contribution in [0.4, 0.5) is 5.69 Å². The molecular formula is C14H13Cl3NO2P. The van der Waals surface area contributed by atoms with E-state index in [0.717, 1.165) is 5.56 Å². The fraction of sp³-hybridized carbons (Fsp3) is 0.143. The van der Waals surface area contributed by atoms with Gasteiger partial charge in [0.25, 0.3) is 0 Å². The molecule has 0 spiro atoms. The van der Waals surface area contributed by atoms with Crippen molar-refractivity contribution in [1.29, 1.82) is 0 Å². The average molecular weight is 365 g/mol. The van der Waals surface area contributed by atoms with Crippen molar-refractivity contribution < 1.29 is 9.09 Å². The Kier molecular flexibility index (Phi) is 5.11. The van der Waals surface area contributed by atoms with Gasteiger partial charge >= 0.3 is 7.52 Å². The molecule has 0 aliphatic rings. The normalized spacial score (nSPS) is 13.6. The summed E-state index contributed by atoms with van der Waals surface area (Å²) in [6, 6.07) is 10.2. The summed E-state index contributed by atoms with van der Waals surface area (Å²) in [7, 11) is -3.15. The zero-order chi connectivity index (χ0) is 15.6. The van der Waals surface area contributed by atoms with Gasteiger partial charge in [0.2, 0.25) is 0 Å². The molecule has 0 aromatic heterocycles. The fourth-order valence-electron chi connectivity index (χ4n) is 1.69. The van der Waals surface area contributed by atoms with Crippen molar-refractivity contribution in [3.63, 3.8) is 0 Å². The van der Waals surface area contributed by atoms with Gasteiger partial charge in [-0.1, -0.05) is 40.9 Å². The SMILES string of the molecule is Cc1ccc(Cl)c(OP(C)(=O)Nc2ccc(Cl)c(Cl)c2)c1. The van der Waals surface area contributed by atoms with Crippen LogP contribution in [0.3, 0.4) is 0 Å². The Bertz CT molecular complexity index is 721. The summed E-state index contributed by atoms with van der Waals surface area (Å²) in [6.45, 7) is 3.37. The zero-order valence-electron chi connectivity index (χ0n) is 11.4. The Morgan fingerprint density at radius 2 is 1.67 bits per heavy atom. The Morgan fingerprint density at radius 1 is 1.00 bits per heavy atom. The van der Waals surface area contributed by atoms with E-state index in [0.29, 0.717) is 26.5 Å². The molecule has 1 atom stereocenters. The van der Waals surface area contributed by atoms with Gasteiger partial charge in [-0.15, -0.1) is 0 Å². The van der Waals surface area contributed by atoms with E-state index in [9.17, 15) is 4.57 Å². The van der Waals surface area contributed by atoms with Crippen LogP contribution in [0.15, 0.2) is 36.4 Å². The third-order valence-electron chi connectivity index (χ3n) is 2.61. The number of benzene rings is 2. The molecule has 0 bridgehead atoms. The van der Waals surface area contributed by atoms with Gasteiger partial charge in [-0.05, 0) is 42.8 Å². The molecule has 7 heteroatoms. The van der Waals surface area contributed by atoms with Crippen LogP contribution in [0, 0.1) is 6.92 Å². The monoisotopic (exact) mass is 363 g/mol. The number of nitrogens with one attached hydrogen (secondary N) is 1. The summed E-state index contributed by atoms with van der Waals surface area (Å²) in [5.74, 6) is 0.370. The lowest BCUT2D eigenvalue weighted by Crippen LogP contribution is -2.02. The highest BCUT2D eigenvalue weighted by molar-refractivity contribution is 7.60. The fourth-order valence-corrected chi connectivity index (χ4v) is 3.38. The molecule has 0 fully saturated rings. The minimum Gasteiger partial charge on any atom is -0.427 e. The summed E-state index contributed by atoms with van der Waals surface area (Å²) in [6.07, 6.45) is 0. The molecule has 21 heavy (non-hydrogen) atoms. The van der Waals surface area contributed by atoms with Crippen molar-refractivity contribution in [1.82, 2.24) is 0 Å². The summed E-state index contributed by atoms with van der Waals surface area (Å²) in [5.41, 5.74) is 1.52. The van der Waals surface area contributed by atoms with Crippen LogP contribution in [-0.2, 0) is 4.57 Å². The number of rotatable bonds is 4. The number of anilines is 1. The lowest BCUT2D eigenvalue weighted by molar-refractivity contribution is 0.493. The quantitative estimate of drug-likeness (QED) is 0.650. The minimum atomic E-state index is -3.15. The van der Waals surface area contributed by atoms with E-state index in [1.54, 1.807) is 30.3 Å². The topological polar surface area (TPSA) is 38.3 Å². The van der Waals surface area contributed by atoms with Crippen LogP contribution in [0.1, 0.15) is 5.56 Å². The number of aryl methyl sites for hydroxylation is 1. The van der Waals surface area contributed by atoms with E-state index >= 15 is 0 Å². The standard InChI is InChI=1S/C14H13Cl3NO2P/c1-9-3-5-12(16)14(7-9)20-21(2,19)18-10-4-6-11(15)13(17)8-10/h3-8H,1-2H3,(H,18,19). The van der Waals surface area contributed by atoms with Gasteiger partial charge in [-0.3, -0.25) is 4.57 Å². The first-order chi connectivity index (χ1) is 9.77. The number of hydrogen-bond acceptors (Lipinski definition) is 2. The van der Waals surface area contributed by atoms with E-state index in [1.165, 1.54) is 6.66 Å². The first kappa shape index (κ1) is 16.5. The largest absolute Gasteiger partial charge is 0.427 e. The van der Waals surface area contributed by atoms with Crippen LogP contribution in [0.25, 0.3) is 0 Å². The summed E-state index contributed by atoms with van der Waals surface area (Å²) in [4.78, 5) is 0. The lowest BCUT2D eigenvalue weighted by Gasteiger charge is -2.18. The van der Waals surface area contributed by atoms with Crippen molar-refractivity contribution in [3.05, 3.63) is 57.0 Å². The summed E-state index contributed by atoms with van der Waals surface area (Å²) < 4.78 is 18.1. The molecule has 1 N–H and O–H groups in total. The molecule has 3 nitrogen and oxygen atoms in total. The van der Waals surface area contributed by atoms with Gasteiger partial charge < -0.3 is 9.61 Å². The van der Waals surface area contributed by atoms with Gasteiger partial charge in [-0.25, -0.2) is 0 Å². The first-order valence-corrected chi connectivity index (χ1v) is 9.24. The van der Waals surface area contributed by atoms with E-state index in [1.807, 2.05) is 13.0 Å². The second kappa shape index (κ2) is 6.50. The van der Waals surface area contributed by atoms with Crippen LogP contribution in [-0.4, -0.2) is 6.66 Å². The van der Waals surface area contributed by atoms with E-state index < -0.39 is 7.52 Å². The van der Waals surface area contributed by atoms with Gasteiger partial charge in [0.15, 0.2) is 0 Å². The van der Waals surface area contributed by atoms with Gasteiger partial charge in [0, 0.05) is 12.4 Å². The Labute approximate surface area is 138 Å². The van der Waals surface area contributed by atoms with E-state index in [-0.39, 0.29) is 0 Å². The average Bonchev–Trinajstić information content (AvgIpc) is 2.37. The van der Waals surface area contributed by atoms with Gasteiger partial charge in [-0.2, -0.15) is 0 Å². The van der Waals surface area contributed by atoms with Gasteiger partial charge in [0.05, 0.1) is 15.1 Å². The molecule has 0 aliphatic carbocycles. The highest BCUT2D eigenvalue weighted by atomic mass is 35.5. The molecule has 0 saturated carbocycles. The molecule has 1 unspecified atom stereocenters. The first-order valence-electron chi connectivity index (χ1n) is 6.03. The summed E-state index contributed by atoms with van der Waals surface area (Å²) >= 11 is 17.8. The van der Waals surface area contributed by atoms with E-state index in [2.05, 4.69) is 5.09 Å².